The second-order valence-electron chi connectivity index (χ2n) is 8.62. The molecule has 0 spiro atoms. The number of thiophene rings is 1. The van der Waals surface area contributed by atoms with Crippen molar-refractivity contribution in [3.8, 4) is 0 Å². The number of rotatable bonds is 7. The van der Waals surface area contributed by atoms with Crippen LogP contribution in [0.15, 0.2) is 30.3 Å². The summed E-state index contributed by atoms with van der Waals surface area (Å²) in [7, 11) is 0. The Morgan fingerprint density at radius 3 is 2.47 bits per heavy atom. The third-order valence-corrected chi connectivity index (χ3v) is 7.26. The first-order valence-corrected chi connectivity index (χ1v) is 12.2. The van der Waals surface area contributed by atoms with Crippen LogP contribution in [-0.2, 0) is 16.1 Å². The molecule has 4 rings (SSSR count). The molecule has 1 saturated carbocycles. The van der Waals surface area contributed by atoms with Gasteiger partial charge in [-0.15, -0.1) is 11.3 Å². The van der Waals surface area contributed by atoms with Crippen LogP contribution in [0, 0.1) is 0 Å². The fourth-order valence-electron chi connectivity index (χ4n) is 4.36. The number of imide groups is 1. The van der Waals surface area contributed by atoms with Gasteiger partial charge in [0.25, 0.3) is 11.8 Å². The lowest BCUT2D eigenvalue weighted by atomic mass is 9.94. The number of nitrogens with zero attached hydrogens (tertiary/aromatic N) is 1. The molecule has 3 amide bonds. The molecule has 1 unspecified atom stereocenters. The molecule has 1 aliphatic carbocycles. The summed E-state index contributed by atoms with van der Waals surface area (Å²) < 4.78 is 5.36. The minimum absolute atomic E-state index is 0.101. The van der Waals surface area contributed by atoms with E-state index < -0.39 is 12.1 Å². The molecule has 2 heterocycles. The number of benzene rings is 1. The first-order chi connectivity index (χ1) is 16.3. The van der Waals surface area contributed by atoms with Gasteiger partial charge in [-0.2, -0.15) is 0 Å². The molecule has 1 atom stereocenters. The Morgan fingerprint density at radius 2 is 1.76 bits per heavy atom. The van der Waals surface area contributed by atoms with E-state index in [-0.39, 0.29) is 40.7 Å². The van der Waals surface area contributed by atoms with E-state index in [1.807, 2.05) is 0 Å². The maximum atomic E-state index is 13.0. The lowest BCUT2D eigenvalue weighted by Gasteiger charge is -2.29. The lowest BCUT2D eigenvalue weighted by molar-refractivity contribution is -0.119. The second kappa shape index (κ2) is 9.89. The summed E-state index contributed by atoms with van der Waals surface area (Å²) in [6, 6.07) is 7.58. The topological polar surface area (TPSA) is 110 Å². The van der Waals surface area contributed by atoms with Gasteiger partial charge < -0.3 is 10.1 Å². The average Bonchev–Trinajstić information content (AvgIpc) is 3.40. The average molecular weight is 483 g/mol. The van der Waals surface area contributed by atoms with E-state index in [1.165, 1.54) is 48.3 Å². The minimum Gasteiger partial charge on any atom is -0.451 e. The van der Waals surface area contributed by atoms with E-state index >= 15 is 0 Å². The van der Waals surface area contributed by atoms with E-state index in [0.717, 1.165) is 37.0 Å². The van der Waals surface area contributed by atoms with E-state index in [9.17, 15) is 24.0 Å². The zero-order chi connectivity index (χ0) is 24.4. The van der Waals surface area contributed by atoms with Crippen molar-refractivity contribution in [1.29, 1.82) is 0 Å². The number of fused-ring (bicyclic) bond motifs is 1. The Labute approximate surface area is 201 Å². The Bertz CT molecular complexity index is 1160. The molecule has 0 radical (unpaired) electrons. The molecule has 1 aromatic carbocycles. The predicted octanol–water partition coefficient (Wildman–Crippen LogP) is 3.74. The van der Waals surface area contributed by atoms with Gasteiger partial charge in [0.05, 0.1) is 28.1 Å². The van der Waals surface area contributed by atoms with Crippen molar-refractivity contribution in [2.75, 3.05) is 0 Å². The number of ketones is 1. The monoisotopic (exact) mass is 482 g/mol. The number of carbonyl (C=O) groups is 5. The van der Waals surface area contributed by atoms with Crippen LogP contribution in [0.5, 0.6) is 0 Å². The molecule has 8 nitrogen and oxygen atoms in total. The van der Waals surface area contributed by atoms with Gasteiger partial charge in [0, 0.05) is 17.8 Å². The molecule has 9 heteroatoms. The van der Waals surface area contributed by atoms with Crippen molar-refractivity contribution in [3.05, 3.63) is 56.8 Å². The molecule has 1 fully saturated rings. The van der Waals surface area contributed by atoms with Crippen LogP contribution in [0.1, 0.15) is 91.6 Å². The van der Waals surface area contributed by atoms with Crippen LogP contribution in [0.3, 0.4) is 0 Å². The van der Waals surface area contributed by atoms with E-state index in [2.05, 4.69) is 5.32 Å². The fourth-order valence-corrected chi connectivity index (χ4v) is 5.32. The normalized spacial score (nSPS) is 16.8. The van der Waals surface area contributed by atoms with Gasteiger partial charge in [-0.25, -0.2) is 4.79 Å². The molecule has 178 valence electrons. The maximum Gasteiger partial charge on any atom is 0.338 e. The summed E-state index contributed by atoms with van der Waals surface area (Å²) in [5.41, 5.74) is 0.606. The number of hydrogen-bond acceptors (Lipinski definition) is 7. The summed E-state index contributed by atoms with van der Waals surface area (Å²) in [6.45, 7) is 3.22. The Kier molecular flexibility index (Phi) is 6.92. The molecule has 2 aromatic rings. The van der Waals surface area contributed by atoms with Crippen molar-refractivity contribution in [2.24, 2.45) is 0 Å². The van der Waals surface area contributed by atoms with E-state index in [4.69, 9.17) is 4.74 Å². The van der Waals surface area contributed by atoms with Crippen molar-refractivity contribution in [1.82, 2.24) is 10.2 Å². The van der Waals surface area contributed by atoms with Gasteiger partial charge in [0.1, 0.15) is 0 Å². The minimum atomic E-state index is -1.04. The summed E-state index contributed by atoms with van der Waals surface area (Å²) in [5, 5.41) is 2.67. The third-order valence-electron chi connectivity index (χ3n) is 6.16. The number of hydrogen-bond donors (Lipinski definition) is 1. The van der Waals surface area contributed by atoms with Crippen molar-refractivity contribution in [3.63, 3.8) is 0 Å². The van der Waals surface area contributed by atoms with Crippen molar-refractivity contribution < 1.29 is 28.7 Å². The Hall–Kier alpha value is -3.33. The van der Waals surface area contributed by atoms with Gasteiger partial charge in [0.15, 0.2) is 6.10 Å². The van der Waals surface area contributed by atoms with Crippen LogP contribution in [0.4, 0.5) is 0 Å². The predicted molar refractivity (Wildman–Crippen MR) is 125 cm³/mol. The molecule has 0 saturated heterocycles. The maximum absolute atomic E-state index is 13.0. The van der Waals surface area contributed by atoms with E-state index in [1.54, 1.807) is 12.1 Å². The number of nitrogens with one attached hydrogen (secondary N) is 1. The molecule has 1 aromatic heterocycles. The van der Waals surface area contributed by atoms with Crippen LogP contribution in [0.25, 0.3) is 0 Å². The molecule has 34 heavy (non-hydrogen) atoms. The van der Waals surface area contributed by atoms with Crippen molar-refractivity contribution >= 4 is 40.8 Å². The molecule has 1 N–H and O–H groups in total. The second-order valence-corrected chi connectivity index (χ2v) is 9.79. The van der Waals surface area contributed by atoms with Crippen LogP contribution in [-0.4, -0.2) is 46.5 Å². The highest BCUT2D eigenvalue weighted by atomic mass is 32.1. The number of Topliss-reactive ketones (excluding diaryl/α,β-unsaturated/α-hetero) is 1. The van der Waals surface area contributed by atoms with E-state index in [0.29, 0.717) is 17.0 Å². The van der Waals surface area contributed by atoms with Crippen LogP contribution >= 0.6 is 11.3 Å². The first kappa shape index (κ1) is 23.8. The zero-order valence-corrected chi connectivity index (χ0v) is 19.9. The standard InChI is InChI=1S/C25H26N2O6S/c1-14(22(29)21-11-9-18(34-21)13-26-15(2)28)33-25(32)16-8-10-19-20(12-16)24(31)27(23(19)30)17-6-4-3-5-7-17/h8-12,14,17H,3-7,13H2,1-2H3,(H,26,28). The van der Waals surface area contributed by atoms with Gasteiger partial charge in [-0.3, -0.25) is 24.1 Å². The SMILES string of the molecule is CC(=O)NCc1ccc(C(=O)C(C)OC(=O)c2ccc3c(c2)C(=O)N(C2CCCCC2)C3=O)s1. The zero-order valence-electron chi connectivity index (χ0n) is 19.1. The highest BCUT2D eigenvalue weighted by molar-refractivity contribution is 7.14. The lowest BCUT2D eigenvalue weighted by Crippen LogP contribution is -2.40. The smallest absolute Gasteiger partial charge is 0.338 e. The summed E-state index contributed by atoms with van der Waals surface area (Å²) in [5.74, 6) is -1.96. The van der Waals surface area contributed by atoms with Crippen molar-refractivity contribution in [2.45, 2.75) is 64.6 Å². The van der Waals surface area contributed by atoms with Crippen LogP contribution in [0.2, 0.25) is 0 Å². The van der Waals surface area contributed by atoms with Gasteiger partial charge in [-0.1, -0.05) is 19.3 Å². The molecule has 2 aliphatic rings. The highest BCUT2D eigenvalue weighted by Crippen LogP contribution is 2.31. The highest BCUT2D eigenvalue weighted by Gasteiger charge is 2.40. The van der Waals surface area contributed by atoms with Crippen LogP contribution < -0.4 is 5.32 Å². The quantitative estimate of drug-likeness (QED) is 0.366. The summed E-state index contributed by atoms with van der Waals surface area (Å²) in [6.07, 6.45) is 3.64. The Morgan fingerprint density at radius 1 is 1.06 bits per heavy atom. The number of esters is 1. The number of amides is 3. The van der Waals surface area contributed by atoms with Gasteiger partial charge in [0.2, 0.25) is 11.7 Å². The summed E-state index contributed by atoms with van der Waals surface area (Å²) >= 11 is 1.22. The molecular weight excluding hydrogens is 456 g/mol. The fraction of sp³-hybridized carbons (Fsp3) is 0.400. The van der Waals surface area contributed by atoms with Gasteiger partial charge >= 0.3 is 5.97 Å². The summed E-state index contributed by atoms with van der Waals surface area (Å²) in [4.78, 5) is 64.8. The molecular formula is C25H26N2O6S. The van der Waals surface area contributed by atoms with Gasteiger partial charge in [-0.05, 0) is 50.1 Å². The Balaban J connectivity index is 1.43. The molecule has 1 aliphatic heterocycles. The first-order valence-electron chi connectivity index (χ1n) is 11.4. The third kappa shape index (κ3) is 4.79. The number of ether oxygens (including phenoxy) is 1. The number of carbonyl (C=O) groups excluding carboxylic acids is 5. The molecule has 0 bridgehead atoms. The largest absolute Gasteiger partial charge is 0.451 e.